The Morgan fingerprint density at radius 3 is 2.23 bits per heavy atom. The zero-order valence-electron chi connectivity index (χ0n) is 29.1. The molecule has 0 aromatic heterocycles. The molecule has 47 heavy (non-hydrogen) atoms. The molecule has 2 atom stereocenters. The first-order valence-electron chi connectivity index (χ1n) is 16.8. The van der Waals surface area contributed by atoms with E-state index in [1.807, 2.05) is 63.2 Å². The van der Waals surface area contributed by atoms with Gasteiger partial charge in [-0.2, -0.15) is 0 Å². The van der Waals surface area contributed by atoms with Crippen LogP contribution in [0.3, 0.4) is 0 Å². The largest absolute Gasteiger partial charge is 0.508 e. The first-order chi connectivity index (χ1) is 22.7. The highest BCUT2D eigenvalue weighted by Crippen LogP contribution is 2.30. The van der Waals surface area contributed by atoms with E-state index in [0.717, 1.165) is 46.6 Å². The molecular weight excluding hydrogens is 593 g/mol. The van der Waals surface area contributed by atoms with Gasteiger partial charge in [0, 0.05) is 58.1 Å². The Morgan fingerprint density at radius 2 is 1.64 bits per heavy atom. The van der Waals surface area contributed by atoms with Gasteiger partial charge in [0.25, 0.3) is 5.91 Å². The van der Waals surface area contributed by atoms with E-state index in [2.05, 4.69) is 26.8 Å². The Bertz CT molecular complexity index is 1400. The van der Waals surface area contributed by atoms with Gasteiger partial charge in [0.05, 0.1) is 0 Å². The quantitative estimate of drug-likeness (QED) is 0.216. The summed E-state index contributed by atoms with van der Waals surface area (Å²) in [5, 5.41) is 12.5. The van der Waals surface area contributed by atoms with Gasteiger partial charge in [0.2, 0.25) is 0 Å². The number of nitrogens with one attached hydrogen (secondary N) is 1. The number of hydrogen-bond donors (Lipinski definition) is 2. The number of phenols is 1. The number of allylic oxidation sites excluding steroid dienone is 1. The van der Waals surface area contributed by atoms with Crippen LogP contribution in [0.25, 0.3) is 5.57 Å². The van der Waals surface area contributed by atoms with E-state index in [1.54, 1.807) is 32.4 Å². The van der Waals surface area contributed by atoms with E-state index < -0.39 is 0 Å². The van der Waals surface area contributed by atoms with Crippen LogP contribution in [0.15, 0.2) is 72.8 Å². The molecule has 2 saturated heterocycles. The van der Waals surface area contributed by atoms with E-state index in [4.69, 9.17) is 4.74 Å². The van der Waals surface area contributed by atoms with E-state index in [0.29, 0.717) is 18.7 Å². The smallest absolute Gasteiger partial charge is 0.251 e. The maximum atomic E-state index is 12.8. The summed E-state index contributed by atoms with van der Waals surface area (Å²) in [5.74, 6) is 0.713. The van der Waals surface area contributed by atoms with Crippen molar-refractivity contribution in [2.75, 3.05) is 47.0 Å². The molecule has 2 bridgehead atoms. The Kier molecular flexibility index (Phi) is 15.9. The molecule has 1 amide bonds. The molecule has 2 heterocycles. The predicted octanol–water partition coefficient (Wildman–Crippen LogP) is 7.14. The molecule has 2 N–H and O–H groups in total. The molecule has 2 aliphatic rings. The second kappa shape index (κ2) is 19.8. The number of phenolic OH excluding ortho intramolecular Hbond substituents is 1. The fourth-order valence-corrected chi connectivity index (χ4v) is 6.18. The number of ether oxygens (including phenoxy) is 2. The van der Waals surface area contributed by atoms with Crippen molar-refractivity contribution < 1.29 is 23.8 Å². The van der Waals surface area contributed by atoms with Crippen LogP contribution in [0.2, 0.25) is 0 Å². The normalized spacial score (nSPS) is 17.6. The van der Waals surface area contributed by atoms with Crippen LogP contribution in [-0.4, -0.2) is 79.9 Å². The number of piperazine rings is 1. The van der Waals surface area contributed by atoms with E-state index >= 15 is 0 Å². The number of aryl methyl sites for hydroxylation is 2. The van der Waals surface area contributed by atoms with Gasteiger partial charge >= 0.3 is 0 Å². The number of methoxy groups -OCH3 is 1. The van der Waals surface area contributed by atoms with E-state index in [-0.39, 0.29) is 17.5 Å². The molecule has 0 radical (unpaired) electrons. The zero-order valence-corrected chi connectivity index (χ0v) is 29.1. The van der Waals surface area contributed by atoms with Crippen LogP contribution in [0, 0.1) is 19.7 Å². The van der Waals surface area contributed by atoms with Crippen molar-refractivity contribution in [3.63, 3.8) is 0 Å². The highest BCUT2D eigenvalue weighted by molar-refractivity contribution is 6.19. The third-order valence-corrected chi connectivity index (χ3v) is 8.65. The molecule has 0 saturated carbocycles. The number of hydrogen-bond acceptors (Lipinski definition) is 6. The number of carbonyl (C=O) groups is 1. The third-order valence-electron chi connectivity index (χ3n) is 8.65. The summed E-state index contributed by atoms with van der Waals surface area (Å²) in [6, 6.07) is 21.0. The fourth-order valence-electron chi connectivity index (χ4n) is 6.18. The van der Waals surface area contributed by atoms with Gasteiger partial charge < -0.3 is 19.9 Å². The second-order valence-corrected chi connectivity index (χ2v) is 12.3. The summed E-state index contributed by atoms with van der Waals surface area (Å²) in [5.41, 5.74) is 4.46. The molecule has 8 heteroatoms. The summed E-state index contributed by atoms with van der Waals surface area (Å²) in [4.78, 5) is 17.7. The first kappa shape index (κ1) is 37.7. The summed E-state index contributed by atoms with van der Waals surface area (Å²) >= 11 is 0. The summed E-state index contributed by atoms with van der Waals surface area (Å²) < 4.78 is 22.8. The average molecular weight is 648 g/mol. The number of nitrogens with zero attached hydrogens (tertiary/aromatic N) is 2. The number of aromatic hydroxyl groups is 1. The maximum Gasteiger partial charge on any atom is 0.251 e. The highest BCUT2D eigenvalue weighted by Gasteiger charge is 2.38. The number of rotatable bonds is 11. The van der Waals surface area contributed by atoms with Gasteiger partial charge in [-0.25, -0.2) is 4.39 Å². The predicted molar refractivity (Wildman–Crippen MR) is 189 cm³/mol. The van der Waals surface area contributed by atoms with Crippen molar-refractivity contribution >= 4 is 11.5 Å². The number of halogens is 1. The Balaban J connectivity index is 0.000000236. The number of unbranched alkanes of at least 4 members (excludes halogenated alkanes) is 1. The molecule has 3 aromatic carbocycles. The number of carbonyl (C=O) groups excluding carboxylic acids is 1. The van der Waals surface area contributed by atoms with Crippen LogP contribution in [0.5, 0.6) is 11.5 Å². The van der Waals surface area contributed by atoms with Crippen LogP contribution in [0.1, 0.15) is 61.8 Å². The number of likely N-dealkylation sites (tertiary alicyclic amines) is 1. The van der Waals surface area contributed by atoms with Gasteiger partial charge in [-0.3, -0.25) is 14.6 Å². The number of benzene rings is 3. The molecule has 5 rings (SSSR count). The zero-order chi connectivity index (χ0) is 34.2. The lowest BCUT2D eigenvalue weighted by atomic mass is 10.00. The SMILES string of the molecule is C/C=C(/C(=O)NCc1ccc(O)c(C)c1)c1ccccc1C.CCCCN1C2CCC1CN(CCOc1ccc(F)cc1)C2.COC. The number of amides is 1. The highest BCUT2D eigenvalue weighted by atomic mass is 19.1. The molecule has 256 valence electrons. The minimum absolute atomic E-state index is 0.0949. The molecule has 3 aromatic rings. The van der Waals surface area contributed by atoms with Gasteiger partial charge in [-0.15, -0.1) is 0 Å². The Labute approximate surface area is 281 Å². The minimum atomic E-state index is -0.216. The summed E-state index contributed by atoms with van der Waals surface area (Å²) in [7, 11) is 3.25. The monoisotopic (exact) mass is 647 g/mol. The molecule has 2 aliphatic heterocycles. The number of fused-ring (bicyclic) bond motifs is 2. The standard InChI is InChI=1S/C19H21NO2.C18H27FN2O.C2H6O/c1-4-16(17-8-6-5-7-13(17)2)19(22)20-12-15-9-10-18(21)14(3)11-15;1-2-3-10-21-16-6-7-17(21)14-20(13-16)11-12-22-18-8-4-15(19)5-9-18;1-3-2/h4-11,21H,12H2,1-3H3,(H,20,22);4-5,8-9,16-17H,2-3,6-7,10-14H2,1H3;1-2H3/b16-4+;;. The van der Waals surface area contributed by atoms with Crippen molar-refractivity contribution in [3.8, 4) is 11.5 Å². The van der Waals surface area contributed by atoms with Crippen molar-refractivity contribution in [2.24, 2.45) is 0 Å². The third kappa shape index (κ3) is 11.8. The topological polar surface area (TPSA) is 74.3 Å². The van der Waals surface area contributed by atoms with Crippen molar-refractivity contribution in [1.82, 2.24) is 15.1 Å². The van der Waals surface area contributed by atoms with Crippen LogP contribution >= 0.6 is 0 Å². The van der Waals surface area contributed by atoms with Crippen molar-refractivity contribution in [2.45, 2.75) is 72.0 Å². The van der Waals surface area contributed by atoms with Gasteiger partial charge in [0.15, 0.2) is 0 Å². The Hall–Kier alpha value is -3.72. The lowest BCUT2D eigenvalue weighted by Crippen LogP contribution is -2.54. The van der Waals surface area contributed by atoms with Gasteiger partial charge in [-0.05, 0) is 99.2 Å². The van der Waals surface area contributed by atoms with E-state index in [1.165, 1.54) is 57.5 Å². The van der Waals surface area contributed by atoms with Gasteiger partial charge in [-0.1, -0.05) is 55.8 Å². The first-order valence-corrected chi connectivity index (χ1v) is 16.8. The van der Waals surface area contributed by atoms with Crippen LogP contribution in [-0.2, 0) is 16.1 Å². The molecule has 7 nitrogen and oxygen atoms in total. The molecular formula is C39H54FN3O4. The van der Waals surface area contributed by atoms with Crippen molar-refractivity contribution in [3.05, 3.63) is 101 Å². The maximum absolute atomic E-state index is 12.8. The summed E-state index contributed by atoms with van der Waals surface area (Å²) in [6.45, 7) is 13.7. The minimum Gasteiger partial charge on any atom is -0.508 e. The van der Waals surface area contributed by atoms with Crippen LogP contribution < -0.4 is 10.1 Å². The molecule has 2 fully saturated rings. The second-order valence-electron chi connectivity index (χ2n) is 12.3. The summed E-state index contributed by atoms with van der Waals surface area (Å²) in [6.07, 6.45) is 7.14. The average Bonchev–Trinajstić information content (AvgIpc) is 3.30. The van der Waals surface area contributed by atoms with Crippen molar-refractivity contribution in [1.29, 1.82) is 0 Å². The Morgan fingerprint density at radius 1 is 0.979 bits per heavy atom. The molecule has 0 aliphatic carbocycles. The lowest BCUT2D eigenvalue weighted by molar-refractivity contribution is -0.115. The van der Waals surface area contributed by atoms with Gasteiger partial charge in [0.1, 0.15) is 23.9 Å². The molecule has 2 unspecified atom stereocenters. The van der Waals surface area contributed by atoms with E-state index in [9.17, 15) is 14.3 Å². The van der Waals surface area contributed by atoms with Crippen LogP contribution in [0.4, 0.5) is 4.39 Å². The lowest BCUT2D eigenvalue weighted by Gasteiger charge is -2.41. The molecule has 0 spiro atoms. The fraction of sp³-hybridized carbons (Fsp3) is 0.462.